The maximum atomic E-state index is 12.4. The molecule has 1 aliphatic heterocycles. The minimum atomic E-state index is -0.481. The third-order valence-corrected chi connectivity index (χ3v) is 5.25. The molecule has 2 aromatic rings. The number of aryl methyl sites for hydroxylation is 1. The fraction of sp³-hybridized carbons (Fsp3) is 0.125. The van der Waals surface area contributed by atoms with Gasteiger partial charge < -0.3 is 0 Å². The van der Waals surface area contributed by atoms with Crippen molar-refractivity contribution in [3.8, 4) is 0 Å². The third kappa shape index (κ3) is 3.39. The molecule has 0 aliphatic carbocycles. The summed E-state index contributed by atoms with van der Waals surface area (Å²) in [6.07, 6.45) is 1.53. The lowest BCUT2D eigenvalue weighted by Gasteiger charge is -2.12. The normalized spacial score (nSPS) is 16.2. The summed E-state index contributed by atoms with van der Waals surface area (Å²) in [5.74, 6) is -0.373. The number of thiophene rings is 1. The lowest BCUT2D eigenvalue weighted by atomic mass is 10.1. The van der Waals surface area contributed by atoms with E-state index in [1.165, 1.54) is 17.0 Å². The molecule has 122 valence electrons. The van der Waals surface area contributed by atoms with Gasteiger partial charge in [-0.2, -0.15) is 0 Å². The van der Waals surface area contributed by atoms with Gasteiger partial charge in [-0.3, -0.25) is 24.6 Å². The van der Waals surface area contributed by atoms with Crippen LogP contribution in [0.4, 0.5) is 9.80 Å². The molecule has 0 bridgehead atoms. The molecule has 0 radical (unpaired) electrons. The van der Waals surface area contributed by atoms with Gasteiger partial charge in [0, 0.05) is 10.9 Å². The fourth-order valence-electron chi connectivity index (χ4n) is 2.28. The molecule has 2 heterocycles. The van der Waals surface area contributed by atoms with Gasteiger partial charge >= 0.3 is 5.00 Å². The molecule has 3 rings (SSSR count). The lowest BCUT2D eigenvalue weighted by molar-refractivity contribution is -0.380. The smallest absolute Gasteiger partial charge is 0.268 e. The Balaban J connectivity index is 1.80. The molecule has 0 unspecified atom stereocenters. The van der Waals surface area contributed by atoms with Crippen LogP contribution in [0.1, 0.15) is 16.0 Å². The number of carbonyl (C=O) groups is 2. The number of nitro groups is 1. The van der Waals surface area contributed by atoms with Gasteiger partial charge in [0.25, 0.3) is 11.1 Å². The van der Waals surface area contributed by atoms with Gasteiger partial charge in [-0.25, -0.2) is 0 Å². The molecule has 8 heteroatoms. The van der Waals surface area contributed by atoms with E-state index in [9.17, 15) is 19.7 Å². The molecule has 0 spiro atoms. The quantitative estimate of drug-likeness (QED) is 0.464. The number of imide groups is 1. The summed E-state index contributed by atoms with van der Waals surface area (Å²) in [7, 11) is 0. The van der Waals surface area contributed by atoms with Gasteiger partial charge in [0.05, 0.1) is 16.4 Å². The Morgan fingerprint density at radius 2 is 2.04 bits per heavy atom. The van der Waals surface area contributed by atoms with E-state index >= 15 is 0 Å². The molecule has 0 atom stereocenters. The average molecular weight is 360 g/mol. The fourth-order valence-corrected chi connectivity index (χ4v) is 3.95. The van der Waals surface area contributed by atoms with Gasteiger partial charge in [0.1, 0.15) is 0 Å². The van der Waals surface area contributed by atoms with Crippen LogP contribution in [-0.4, -0.2) is 21.0 Å². The standard InChI is InChI=1S/C16H12N2O4S2/c1-10-3-2-4-11(7-10)9-17-15(19)13(24-16(17)20)8-12-5-6-14(23-12)18(21)22/h2-8H,9H2,1H3/b13-8-. The van der Waals surface area contributed by atoms with Gasteiger partial charge in [-0.05, 0) is 36.4 Å². The number of nitrogens with zero attached hydrogens (tertiary/aromatic N) is 2. The highest BCUT2D eigenvalue weighted by Gasteiger charge is 2.35. The van der Waals surface area contributed by atoms with Gasteiger partial charge in [0.15, 0.2) is 0 Å². The minimum absolute atomic E-state index is 0.000222. The molecule has 0 N–H and O–H groups in total. The first kappa shape index (κ1) is 16.4. The maximum Gasteiger partial charge on any atom is 0.324 e. The van der Waals surface area contributed by atoms with Crippen molar-refractivity contribution in [1.82, 2.24) is 4.90 Å². The number of carbonyl (C=O) groups excluding carboxylic acids is 2. The number of benzene rings is 1. The van der Waals surface area contributed by atoms with Gasteiger partial charge in [-0.15, -0.1) is 0 Å². The first-order valence-corrected chi connectivity index (χ1v) is 8.62. The van der Waals surface area contributed by atoms with Crippen molar-refractivity contribution in [2.24, 2.45) is 0 Å². The number of hydrogen-bond donors (Lipinski definition) is 0. The highest BCUT2D eigenvalue weighted by molar-refractivity contribution is 8.18. The van der Waals surface area contributed by atoms with E-state index in [1.807, 2.05) is 31.2 Å². The SMILES string of the molecule is Cc1cccc(CN2C(=O)S/C(=C\c3ccc([N+](=O)[O-])s3)C2=O)c1. The number of amides is 2. The predicted octanol–water partition coefficient (Wildman–Crippen LogP) is 4.20. The zero-order valence-electron chi connectivity index (χ0n) is 12.6. The molecular formula is C16H12N2O4S2. The van der Waals surface area contributed by atoms with E-state index in [2.05, 4.69) is 0 Å². The topological polar surface area (TPSA) is 80.5 Å². The second kappa shape index (κ2) is 6.58. The van der Waals surface area contributed by atoms with E-state index < -0.39 is 4.92 Å². The van der Waals surface area contributed by atoms with Crippen molar-refractivity contribution < 1.29 is 14.5 Å². The van der Waals surface area contributed by atoms with Crippen LogP contribution in [0.15, 0.2) is 41.3 Å². The zero-order chi connectivity index (χ0) is 17.3. The summed E-state index contributed by atoms with van der Waals surface area (Å²) < 4.78 is 0. The molecule has 1 saturated heterocycles. The van der Waals surface area contributed by atoms with Crippen LogP contribution in [0.25, 0.3) is 6.08 Å². The average Bonchev–Trinajstić information content (AvgIpc) is 3.09. The van der Waals surface area contributed by atoms with Crippen LogP contribution in [0.5, 0.6) is 0 Å². The molecule has 1 aliphatic rings. The maximum absolute atomic E-state index is 12.4. The van der Waals surface area contributed by atoms with Crippen molar-refractivity contribution in [1.29, 1.82) is 0 Å². The van der Waals surface area contributed by atoms with Crippen LogP contribution < -0.4 is 0 Å². The molecular weight excluding hydrogens is 348 g/mol. The molecule has 1 aromatic carbocycles. The Morgan fingerprint density at radius 1 is 1.25 bits per heavy atom. The largest absolute Gasteiger partial charge is 0.324 e. The zero-order valence-corrected chi connectivity index (χ0v) is 14.2. The number of rotatable bonds is 4. The van der Waals surface area contributed by atoms with E-state index in [-0.39, 0.29) is 27.6 Å². The monoisotopic (exact) mass is 360 g/mol. The highest BCUT2D eigenvalue weighted by atomic mass is 32.2. The Kier molecular flexibility index (Phi) is 4.50. The summed E-state index contributed by atoms with van der Waals surface area (Å²) >= 11 is 1.82. The van der Waals surface area contributed by atoms with Crippen LogP contribution in [-0.2, 0) is 11.3 Å². The summed E-state index contributed by atoms with van der Waals surface area (Å²) in [4.78, 5) is 36.8. The first-order valence-electron chi connectivity index (χ1n) is 6.99. The van der Waals surface area contributed by atoms with Crippen LogP contribution in [0, 0.1) is 17.0 Å². The Morgan fingerprint density at radius 3 is 2.71 bits per heavy atom. The Hall–Kier alpha value is -2.45. The van der Waals surface area contributed by atoms with Crippen LogP contribution >= 0.6 is 23.1 Å². The van der Waals surface area contributed by atoms with Crippen molar-refractivity contribution in [2.75, 3.05) is 0 Å². The molecule has 1 aromatic heterocycles. The highest BCUT2D eigenvalue weighted by Crippen LogP contribution is 2.35. The van der Waals surface area contributed by atoms with Crippen molar-refractivity contribution in [2.45, 2.75) is 13.5 Å². The molecule has 6 nitrogen and oxygen atoms in total. The summed E-state index contributed by atoms with van der Waals surface area (Å²) in [6, 6.07) is 10.6. The third-order valence-electron chi connectivity index (χ3n) is 3.36. The summed E-state index contributed by atoms with van der Waals surface area (Å²) in [5, 5.41) is 10.4. The van der Waals surface area contributed by atoms with E-state index in [4.69, 9.17) is 0 Å². The minimum Gasteiger partial charge on any atom is -0.268 e. The van der Waals surface area contributed by atoms with Crippen molar-refractivity contribution in [3.05, 3.63) is 67.4 Å². The second-order valence-electron chi connectivity index (χ2n) is 5.19. The van der Waals surface area contributed by atoms with E-state index in [0.717, 1.165) is 34.2 Å². The van der Waals surface area contributed by atoms with E-state index in [0.29, 0.717) is 4.88 Å². The summed E-state index contributed by atoms with van der Waals surface area (Å²) in [5.41, 5.74) is 1.94. The first-order chi connectivity index (χ1) is 11.4. The van der Waals surface area contributed by atoms with Gasteiger partial charge in [0.2, 0.25) is 0 Å². The molecule has 2 amide bonds. The number of hydrogen-bond acceptors (Lipinski definition) is 6. The van der Waals surface area contributed by atoms with Crippen LogP contribution in [0.3, 0.4) is 0 Å². The Bertz CT molecular complexity index is 872. The summed E-state index contributed by atoms with van der Waals surface area (Å²) in [6.45, 7) is 2.16. The van der Waals surface area contributed by atoms with Gasteiger partial charge in [-0.1, -0.05) is 41.2 Å². The lowest BCUT2D eigenvalue weighted by Crippen LogP contribution is -2.27. The number of thioether (sulfide) groups is 1. The van der Waals surface area contributed by atoms with Crippen LogP contribution in [0.2, 0.25) is 0 Å². The van der Waals surface area contributed by atoms with Crippen molar-refractivity contribution in [3.63, 3.8) is 0 Å². The molecule has 1 fully saturated rings. The van der Waals surface area contributed by atoms with E-state index in [1.54, 1.807) is 6.07 Å². The van der Waals surface area contributed by atoms with Crippen molar-refractivity contribution >= 4 is 45.3 Å². The predicted molar refractivity (Wildman–Crippen MR) is 93.7 cm³/mol. The molecule has 24 heavy (non-hydrogen) atoms. The second-order valence-corrected chi connectivity index (χ2v) is 7.28. The molecule has 0 saturated carbocycles. The Labute approximate surface area is 145 Å².